The SMILES string of the molecule is Cc1ccc(N(c2ccc3c(c2)C(C)(C)c2c4c(c5oc6ccccc6c5c2-3)-c2ccccc2C4(C)C)c2ccc3c(c2)C(c2ccccc2)(c2ccccc2)c2cc(-c4ccccc4)c4oc5ccccc5c4c2-3)cc1. The summed E-state index contributed by atoms with van der Waals surface area (Å²) < 4.78 is 14.0. The molecule has 366 valence electrons. The van der Waals surface area contributed by atoms with Crippen LogP contribution >= 0.6 is 0 Å². The van der Waals surface area contributed by atoms with Gasteiger partial charge < -0.3 is 13.7 Å². The molecule has 2 aromatic heterocycles. The zero-order chi connectivity index (χ0) is 51.5. The van der Waals surface area contributed by atoms with Crippen molar-refractivity contribution >= 4 is 60.9 Å². The van der Waals surface area contributed by atoms with Crippen LogP contribution < -0.4 is 4.90 Å². The normalized spacial score (nSPS) is 14.9. The Morgan fingerprint density at radius 3 is 1.48 bits per heavy atom. The molecule has 0 amide bonds. The first-order valence-corrected chi connectivity index (χ1v) is 27.1. The van der Waals surface area contributed by atoms with Gasteiger partial charge in [-0.15, -0.1) is 0 Å². The standard InChI is InChI=1S/C74H53NO2/c1-44-33-35-48(36-34-44)75(49-37-39-52-58(41-49)73(4,5)68-64(52)66-55-29-17-20-32-62(55)77-71(66)67-51-27-15-18-30-57(51)72(2,3)69(67)68)50-38-40-53-59(42-50)74(46-23-11-7-12-24-46,47-25-13-8-14-26-47)60-43-56(45-21-9-6-10-22-45)70-65(63(53)60)54-28-16-19-31-61(54)76-70/h6-43H,1-5H3. The van der Waals surface area contributed by atoms with E-state index in [1.807, 2.05) is 0 Å². The topological polar surface area (TPSA) is 29.5 Å². The molecule has 16 rings (SSSR count). The first-order valence-electron chi connectivity index (χ1n) is 27.1. The van der Waals surface area contributed by atoms with Crippen molar-refractivity contribution < 1.29 is 8.83 Å². The zero-order valence-corrected chi connectivity index (χ0v) is 43.7. The summed E-state index contributed by atoms with van der Waals surface area (Å²) >= 11 is 0. The smallest absolute Gasteiger partial charge is 0.144 e. The molecule has 3 aliphatic carbocycles. The van der Waals surface area contributed by atoms with Crippen LogP contribution in [0.3, 0.4) is 0 Å². The minimum Gasteiger partial charge on any atom is -0.455 e. The van der Waals surface area contributed by atoms with Crippen LogP contribution in [0.5, 0.6) is 0 Å². The number of rotatable bonds is 6. The largest absolute Gasteiger partial charge is 0.455 e. The van der Waals surface area contributed by atoms with E-state index in [9.17, 15) is 0 Å². The number of aryl methyl sites for hydroxylation is 1. The number of benzene rings is 11. The Balaban J connectivity index is 0.974. The van der Waals surface area contributed by atoms with Gasteiger partial charge in [-0.3, -0.25) is 0 Å². The maximum atomic E-state index is 7.04. The Morgan fingerprint density at radius 1 is 0.351 bits per heavy atom. The third kappa shape index (κ3) is 5.81. The minimum absolute atomic E-state index is 0.249. The molecule has 0 N–H and O–H groups in total. The lowest BCUT2D eigenvalue weighted by atomic mass is 9.67. The second-order valence-corrected chi connectivity index (χ2v) is 22.7. The fraction of sp³-hybridized carbons (Fsp3) is 0.108. The number of hydrogen-bond acceptors (Lipinski definition) is 3. The summed E-state index contributed by atoms with van der Waals surface area (Å²) in [5.41, 5.74) is 27.0. The summed E-state index contributed by atoms with van der Waals surface area (Å²) in [6.07, 6.45) is 0. The van der Waals surface area contributed by atoms with Gasteiger partial charge in [-0.1, -0.05) is 209 Å². The molecule has 3 nitrogen and oxygen atoms in total. The molecule has 11 aromatic carbocycles. The lowest BCUT2D eigenvalue weighted by Crippen LogP contribution is -2.29. The number of para-hydroxylation sites is 2. The van der Waals surface area contributed by atoms with Crippen molar-refractivity contribution in [3.8, 4) is 44.5 Å². The second kappa shape index (κ2) is 15.7. The van der Waals surface area contributed by atoms with Crippen LogP contribution in [-0.4, -0.2) is 0 Å². The van der Waals surface area contributed by atoms with E-state index in [0.717, 1.165) is 66.7 Å². The minimum atomic E-state index is -0.705. The average Bonchev–Trinajstić information content (AvgIpc) is 4.42. The van der Waals surface area contributed by atoms with Crippen molar-refractivity contribution in [3.63, 3.8) is 0 Å². The quantitative estimate of drug-likeness (QED) is 0.166. The van der Waals surface area contributed by atoms with Crippen molar-refractivity contribution in [3.05, 3.63) is 281 Å². The molecule has 3 aliphatic rings. The molecule has 0 fully saturated rings. The summed E-state index contributed by atoms with van der Waals surface area (Å²) in [4.78, 5) is 2.49. The number of anilines is 3. The third-order valence-corrected chi connectivity index (χ3v) is 17.9. The summed E-state index contributed by atoms with van der Waals surface area (Å²) in [6, 6.07) is 85.4. The van der Waals surface area contributed by atoms with E-state index in [0.29, 0.717) is 0 Å². The monoisotopic (exact) mass is 987 g/mol. The first-order chi connectivity index (χ1) is 37.6. The molecule has 13 aromatic rings. The van der Waals surface area contributed by atoms with Crippen molar-refractivity contribution in [2.75, 3.05) is 4.90 Å². The van der Waals surface area contributed by atoms with Crippen molar-refractivity contribution in [2.45, 2.75) is 50.9 Å². The molecule has 0 radical (unpaired) electrons. The van der Waals surface area contributed by atoms with Crippen LogP contribution in [0.25, 0.3) is 88.4 Å². The molecule has 0 atom stereocenters. The highest BCUT2D eigenvalue weighted by Gasteiger charge is 2.50. The lowest BCUT2D eigenvalue weighted by Gasteiger charge is -2.35. The lowest BCUT2D eigenvalue weighted by molar-refractivity contribution is 0.600. The molecule has 0 saturated carbocycles. The summed E-state index contributed by atoms with van der Waals surface area (Å²) in [6.45, 7) is 11.9. The van der Waals surface area contributed by atoms with Crippen LogP contribution in [0, 0.1) is 6.92 Å². The Kier molecular flexibility index (Phi) is 9.00. The molecule has 0 aliphatic heterocycles. The maximum Gasteiger partial charge on any atom is 0.144 e. The Bertz CT molecular complexity index is 4570. The van der Waals surface area contributed by atoms with Crippen molar-refractivity contribution in [2.24, 2.45) is 0 Å². The summed E-state index contributed by atoms with van der Waals surface area (Å²) in [5.74, 6) is 0. The Morgan fingerprint density at radius 2 is 0.831 bits per heavy atom. The van der Waals surface area contributed by atoms with E-state index in [1.54, 1.807) is 0 Å². The number of fused-ring (bicyclic) bond motifs is 19. The van der Waals surface area contributed by atoms with Crippen LogP contribution in [0.2, 0.25) is 0 Å². The molecule has 77 heavy (non-hydrogen) atoms. The van der Waals surface area contributed by atoms with Crippen LogP contribution in [-0.2, 0) is 16.2 Å². The van der Waals surface area contributed by atoms with Gasteiger partial charge in [0.1, 0.15) is 22.3 Å². The van der Waals surface area contributed by atoms with Crippen LogP contribution in [0.4, 0.5) is 17.1 Å². The number of nitrogens with zero attached hydrogens (tertiary/aromatic N) is 1. The van der Waals surface area contributed by atoms with E-state index in [1.165, 1.54) is 88.8 Å². The summed E-state index contributed by atoms with van der Waals surface area (Å²) in [5, 5.41) is 4.63. The molecule has 0 bridgehead atoms. The summed E-state index contributed by atoms with van der Waals surface area (Å²) in [7, 11) is 0. The van der Waals surface area contributed by atoms with Crippen molar-refractivity contribution in [1.29, 1.82) is 0 Å². The highest BCUT2D eigenvalue weighted by molar-refractivity contribution is 6.22. The number of furan rings is 2. The molecule has 2 heterocycles. The van der Waals surface area contributed by atoms with E-state index in [4.69, 9.17) is 8.83 Å². The van der Waals surface area contributed by atoms with Gasteiger partial charge >= 0.3 is 0 Å². The van der Waals surface area contributed by atoms with Gasteiger partial charge in [0.15, 0.2) is 0 Å². The van der Waals surface area contributed by atoms with Crippen LogP contribution in [0.1, 0.15) is 77.8 Å². The van der Waals surface area contributed by atoms with Gasteiger partial charge in [0.05, 0.1) is 5.41 Å². The predicted molar refractivity (Wildman–Crippen MR) is 318 cm³/mol. The number of hydrogen-bond donors (Lipinski definition) is 0. The fourth-order valence-corrected chi connectivity index (χ4v) is 14.6. The highest BCUT2D eigenvalue weighted by atomic mass is 16.3. The van der Waals surface area contributed by atoms with E-state index in [2.05, 4.69) is 270 Å². The maximum absolute atomic E-state index is 7.04. The van der Waals surface area contributed by atoms with Gasteiger partial charge in [0.2, 0.25) is 0 Å². The second-order valence-electron chi connectivity index (χ2n) is 22.7. The molecule has 0 saturated heterocycles. The van der Waals surface area contributed by atoms with E-state index < -0.39 is 5.41 Å². The average molecular weight is 988 g/mol. The van der Waals surface area contributed by atoms with Crippen molar-refractivity contribution in [1.82, 2.24) is 0 Å². The third-order valence-electron chi connectivity index (χ3n) is 17.9. The van der Waals surface area contributed by atoms with E-state index in [-0.39, 0.29) is 10.8 Å². The Labute approximate surface area is 448 Å². The zero-order valence-electron chi connectivity index (χ0n) is 43.7. The molecule has 0 unspecified atom stereocenters. The van der Waals surface area contributed by atoms with Gasteiger partial charge in [-0.2, -0.15) is 0 Å². The molecule has 3 heteroatoms. The van der Waals surface area contributed by atoms with Gasteiger partial charge in [0.25, 0.3) is 0 Å². The fourth-order valence-electron chi connectivity index (χ4n) is 14.6. The van der Waals surface area contributed by atoms with Crippen LogP contribution in [0.15, 0.2) is 239 Å². The van der Waals surface area contributed by atoms with Gasteiger partial charge in [-0.05, 0) is 139 Å². The Hall–Kier alpha value is -9.18. The molecular formula is C74H53NO2. The predicted octanol–water partition coefficient (Wildman–Crippen LogP) is 19.9. The van der Waals surface area contributed by atoms with Gasteiger partial charge in [-0.25, -0.2) is 0 Å². The van der Waals surface area contributed by atoms with E-state index >= 15 is 0 Å². The highest BCUT2D eigenvalue weighted by Crippen LogP contribution is 2.65. The molecule has 0 spiro atoms. The van der Waals surface area contributed by atoms with Gasteiger partial charge in [0, 0.05) is 60.6 Å². The first kappa shape index (κ1) is 44.1. The molecular weight excluding hydrogens is 935 g/mol.